The number of hydrogen-bond donors (Lipinski definition) is 1. The molecule has 1 N–H and O–H groups in total. The van der Waals surface area contributed by atoms with Crippen molar-refractivity contribution >= 4 is 33.6 Å². The van der Waals surface area contributed by atoms with Crippen molar-refractivity contribution in [3.8, 4) is 0 Å². The van der Waals surface area contributed by atoms with E-state index in [2.05, 4.69) is 40.1 Å². The molecule has 0 saturated heterocycles. The summed E-state index contributed by atoms with van der Waals surface area (Å²) in [5, 5.41) is 3.66. The van der Waals surface area contributed by atoms with E-state index in [-0.39, 0.29) is 11.2 Å². The molecule has 1 unspecified atom stereocenters. The molecular formula is C12H17BrN2OS. The van der Waals surface area contributed by atoms with Crippen molar-refractivity contribution < 1.29 is 4.79 Å². The number of halogens is 1. The summed E-state index contributed by atoms with van der Waals surface area (Å²) >= 11 is 4.80. The van der Waals surface area contributed by atoms with Gasteiger partial charge in [0.1, 0.15) is 0 Å². The van der Waals surface area contributed by atoms with Crippen molar-refractivity contribution in [2.24, 2.45) is 5.92 Å². The molecule has 0 bridgehead atoms. The molecule has 94 valence electrons. The quantitative estimate of drug-likeness (QED) is 0.849. The molecule has 1 aromatic heterocycles. The van der Waals surface area contributed by atoms with Crippen LogP contribution < -0.4 is 5.32 Å². The summed E-state index contributed by atoms with van der Waals surface area (Å²) in [6.45, 7) is 6.77. The third-order valence-corrected chi connectivity index (χ3v) is 3.57. The van der Waals surface area contributed by atoms with E-state index >= 15 is 0 Å². The van der Waals surface area contributed by atoms with E-state index in [9.17, 15) is 4.79 Å². The van der Waals surface area contributed by atoms with Gasteiger partial charge in [-0.25, -0.2) is 4.98 Å². The van der Waals surface area contributed by atoms with Gasteiger partial charge in [-0.15, -0.1) is 0 Å². The number of carbonyl (C=O) groups excluding carboxylic acids is 1. The number of rotatable bonds is 5. The molecule has 1 amide bonds. The molecule has 1 aromatic rings. The molecule has 0 aliphatic heterocycles. The van der Waals surface area contributed by atoms with Crippen LogP contribution in [0.5, 0.6) is 0 Å². The zero-order valence-corrected chi connectivity index (χ0v) is 12.6. The fraction of sp³-hybridized carbons (Fsp3) is 0.500. The van der Waals surface area contributed by atoms with Crippen LogP contribution in [0.4, 0.5) is 0 Å². The van der Waals surface area contributed by atoms with Crippen molar-refractivity contribution in [2.45, 2.75) is 31.0 Å². The predicted octanol–water partition coefficient (Wildman–Crippen LogP) is 3.10. The van der Waals surface area contributed by atoms with Gasteiger partial charge >= 0.3 is 0 Å². The number of nitrogens with one attached hydrogen (secondary N) is 1. The summed E-state index contributed by atoms with van der Waals surface area (Å²) in [7, 11) is 0. The monoisotopic (exact) mass is 316 g/mol. The second-order valence-corrected chi connectivity index (χ2v) is 6.49. The zero-order valence-electron chi connectivity index (χ0n) is 10.2. The highest BCUT2D eigenvalue weighted by Crippen LogP contribution is 2.22. The van der Waals surface area contributed by atoms with E-state index in [1.807, 2.05) is 19.1 Å². The van der Waals surface area contributed by atoms with Crippen LogP contribution in [-0.4, -0.2) is 22.7 Å². The van der Waals surface area contributed by atoms with Crippen molar-refractivity contribution in [3.05, 3.63) is 22.8 Å². The first-order valence-electron chi connectivity index (χ1n) is 5.55. The Morgan fingerprint density at radius 3 is 2.71 bits per heavy atom. The second-order valence-electron chi connectivity index (χ2n) is 4.21. The first-order valence-corrected chi connectivity index (χ1v) is 7.22. The summed E-state index contributed by atoms with van der Waals surface area (Å²) in [5.74, 6) is 0.537. The van der Waals surface area contributed by atoms with Crippen LogP contribution in [0.3, 0.4) is 0 Å². The van der Waals surface area contributed by atoms with Gasteiger partial charge in [-0.05, 0) is 40.9 Å². The highest BCUT2D eigenvalue weighted by molar-refractivity contribution is 9.10. The Morgan fingerprint density at radius 1 is 1.47 bits per heavy atom. The lowest BCUT2D eigenvalue weighted by Gasteiger charge is -2.12. The van der Waals surface area contributed by atoms with Gasteiger partial charge in [0.2, 0.25) is 5.91 Å². The maximum absolute atomic E-state index is 11.7. The number of amides is 1. The Bertz CT molecular complexity index is 367. The Balaban J connectivity index is 2.45. The van der Waals surface area contributed by atoms with Crippen LogP contribution in [0.25, 0.3) is 0 Å². The third-order valence-electron chi connectivity index (χ3n) is 2.05. The topological polar surface area (TPSA) is 42.0 Å². The second kappa shape index (κ2) is 7.01. The standard InChI is InChI=1S/C12H17BrN2OS/c1-8(2)6-15-12(16)9(3)17-11-5-4-10(13)7-14-11/h4-5,7-9H,6H2,1-3H3,(H,15,16). The number of hydrogen-bond acceptors (Lipinski definition) is 3. The molecule has 1 atom stereocenters. The minimum atomic E-state index is -0.123. The molecule has 0 aliphatic carbocycles. The van der Waals surface area contributed by atoms with Crippen LogP contribution in [0.15, 0.2) is 27.8 Å². The van der Waals surface area contributed by atoms with Gasteiger partial charge in [-0.2, -0.15) is 0 Å². The van der Waals surface area contributed by atoms with E-state index < -0.39 is 0 Å². The summed E-state index contributed by atoms with van der Waals surface area (Å²) < 4.78 is 0.943. The van der Waals surface area contributed by atoms with Crippen molar-refractivity contribution in [3.63, 3.8) is 0 Å². The first-order chi connectivity index (χ1) is 7.99. The molecule has 0 fully saturated rings. The lowest BCUT2D eigenvalue weighted by atomic mass is 10.2. The molecule has 5 heteroatoms. The fourth-order valence-corrected chi connectivity index (χ4v) is 2.16. The van der Waals surface area contributed by atoms with Crippen LogP contribution >= 0.6 is 27.7 Å². The number of nitrogens with zero attached hydrogens (tertiary/aromatic N) is 1. The SMILES string of the molecule is CC(C)CNC(=O)C(C)Sc1ccc(Br)cn1. The Kier molecular flexibility index (Phi) is 5.98. The minimum absolute atomic E-state index is 0.0634. The summed E-state index contributed by atoms with van der Waals surface area (Å²) in [5.41, 5.74) is 0. The highest BCUT2D eigenvalue weighted by Gasteiger charge is 2.14. The van der Waals surface area contributed by atoms with E-state index in [1.54, 1.807) is 6.20 Å². The summed E-state index contributed by atoms with van der Waals surface area (Å²) in [6, 6.07) is 3.83. The van der Waals surface area contributed by atoms with Gasteiger partial charge in [0, 0.05) is 17.2 Å². The molecule has 17 heavy (non-hydrogen) atoms. The predicted molar refractivity (Wildman–Crippen MR) is 75.1 cm³/mol. The molecule has 0 saturated carbocycles. The number of carbonyl (C=O) groups is 1. The van der Waals surface area contributed by atoms with E-state index in [4.69, 9.17) is 0 Å². The largest absolute Gasteiger partial charge is 0.355 e. The average molecular weight is 317 g/mol. The molecule has 0 spiro atoms. The zero-order chi connectivity index (χ0) is 12.8. The molecule has 0 aromatic carbocycles. The van der Waals surface area contributed by atoms with Crippen LogP contribution in [0.2, 0.25) is 0 Å². The van der Waals surface area contributed by atoms with E-state index in [0.29, 0.717) is 5.92 Å². The summed E-state index contributed by atoms with van der Waals surface area (Å²) in [4.78, 5) is 16.0. The molecular weight excluding hydrogens is 300 g/mol. The van der Waals surface area contributed by atoms with Gasteiger partial charge in [0.25, 0.3) is 0 Å². The van der Waals surface area contributed by atoms with Crippen LogP contribution in [0, 0.1) is 5.92 Å². The average Bonchev–Trinajstić information content (AvgIpc) is 2.28. The smallest absolute Gasteiger partial charge is 0.233 e. The van der Waals surface area contributed by atoms with Gasteiger partial charge in [-0.3, -0.25) is 4.79 Å². The molecule has 3 nitrogen and oxygen atoms in total. The van der Waals surface area contributed by atoms with Crippen LogP contribution in [0.1, 0.15) is 20.8 Å². The van der Waals surface area contributed by atoms with Gasteiger partial charge in [0.05, 0.1) is 10.3 Å². The molecule has 0 aliphatic rings. The van der Waals surface area contributed by atoms with Crippen molar-refractivity contribution in [2.75, 3.05) is 6.54 Å². The number of thioether (sulfide) groups is 1. The van der Waals surface area contributed by atoms with Gasteiger partial charge < -0.3 is 5.32 Å². The third kappa shape index (κ3) is 5.55. The van der Waals surface area contributed by atoms with Gasteiger partial charge in [-0.1, -0.05) is 25.6 Å². The minimum Gasteiger partial charge on any atom is -0.355 e. The molecule has 1 heterocycles. The first kappa shape index (κ1) is 14.5. The van der Waals surface area contributed by atoms with Crippen LogP contribution in [-0.2, 0) is 4.79 Å². The van der Waals surface area contributed by atoms with Gasteiger partial charge in [0.15, 0.2) is 0 Å². The lowest BCUT2D eigenvalue weighted by Crippen LogP contribution is -2.33. The number of pyridine rings is 1. The Labute approximate surface area is 115 Å². The lowest BCUT2D eigenvalue weighted by molar-refractivity contribution is -0.120. The van der Waals surface area contributed by atoms with E-state index in [1.165, 1.54) is 11.8 Å². The van der Waals surface area contributed by atoms with Crippen molar-refractivity contribution in [1.29, 1.82) is 0 Å². The van der Waals surface area contributed by atoms with E-state index in [0.717, 1.165) is 16.0 Å². The Morgan fingerprint density at radius 2 is 2.18 bits per heavy atom. The molecule has 0 radical (unpaired) electrons. The maximum Gasteiger partial charge on any atom is 0.233 e. The maximum atomic E-state index is 11.7. The summed E-state index contributed by atoms with van der Waals surface area (Å²) in [6.07, 6.45) is 1.74. The number of aromatic nitrogens is 1. The normalized spacial score (nSPS) is 12.5. The van der Waals surface area contributed by atoms with Crippen molar-refractivity contribution in [1.82, 2.24) is 10.3 Å². The molecule has 1 rings (SSSR count). The Hall–Kier alpha value is -0.550. The fourth-order valence-electron chi connectivity index (χ4n) is 1.12. The highest BCUT2D eigenvalue weighted by atomic mass is 79.9.